The minimum Gasteiger partial charge on any atom is -0.335 e. The Kier molecular flexibility index (Phi) is 5.39. The number of carbonyl (C=O) groups excluding carboxylic acids is 2. The lowest BCUT2D eigenvalue weighted by Crippen LogP contribution is -2.62. The van der Waals surface area contributed by atoms with E-state index in [1.165, 1.54) is 12.8 Å². The van der Waals surface area contributed by atoms with E-state index >= 15 is 0 Å². The van der Waals surface area contributed by atoms with Crippen molar-refractivity contribution < 1.29 is 18.0 Å². The lowest BCUT2D eigenvalue weighted by atomic mass is 9.99. The van der Waals surface area contributed by atoms with Gasteiger partial charge in [0.1, 0.15) is 0 Å². The van der Waals surface area contributed by atoms with Crippen LogP contribution in [0, 0.1) is 5.92 Å². The smallest absolute Gasteiger partial charge is 0.237 e. The van der Waals surface area contributed by atoms with Crippen LogP contribution in [0.5, 0.6) is 0 Å². The second-order valence-electron chi connectivity index (χ2n) is 7.98. The summed E-state index contributed by atoms with van der Waals surface area (Å²) in [7, 11) is 0.424. The predicted molar refractivity (Wildman–Crippen MR) is 94.8 cm³/mol. The first-order valence-electron chi connectivity index (χ1n) is 9.21. The Morgan fingerprint density at radius 1 is 0.960 bits per heavy atom. The van der Waals surface area contributed by atoms with Gasteiger partial charge in [-0.15, -0.1) is 0 Å². The summed E-state index contributed by atoms with van der Waals surface area (Å²) in [5.41, 5.74) is 0. The summed E-state index contributed by atoms with van der Waals surface area (Å²) in [6.07, 6.45) is 5.09. The summed E-state index contributed by atoms with van der Waals surface area (Å²) in [6.45, 7) is 1.14. The van der Waals surface area contributed by atoms with Crippen LogP contribution in [-0.4, -0.2) is 92.3 Å². The molecule has 0 aromatic heterocycles. The Balaban J connectivity index is 1.73. The molecule has 0 unspecified atom stereocenters. The summed E-state index contributed by atoms with van der Waals surface area (Å²) in [5, 5.41) is 0. The van der Waals surface area contributed by atoms with Crippen LogP contribution in [0.25, 0.3) is 0 Å². The summed E-state index contributed by atoms with van der Waals surface area (Å²) in [5.74, 6) is 0.417. The van der Waals surface area contributed by atoms with Gasteiger partial charge in [-0.1, -0.05) is 12.8 Å². The molecule has 3 aliphatic rings. The number of sulfone groups is 1. The van der Waals surface area contributed by atoms with E-state index in [4.69, 9.17) is 0 Å². The quantitative estimate of drug-likeness (QED) is 0.693. The minimum absolute atomic E-state index is 0.0141. The maximum absolute atomic E-state index is 12.8. The van der Waals surface area contributed by atoms with Crippen molar-refractivity contribution in [2.45, 2.75) is 44.2 Å². The highest BCUT2D eigenvalue weighted by Crippen LogP contribution is 2.31. The molecule has 2 atom stereocenters. The van der Waals surface area contributed by atoms with Crippen LogP contribution in [0.15, 0.2) is 0 Å². The van der Waals surface area contributed by atoms with Crippen molar-refractivity contribution in [1.82, 2.24) is 14.7 Å². The van der Waals surface area contributed by atoms with E-state index < -0.39 is 15.9 Å². The largest absolute Gasteiger partial charge is 0.335 e. The first-order valence-corrected chi connectivity index (χ1v) is 11.0. The van der Waals surface area contributed by atoms with Crippen LogP contribution in [0.1, 0.15) is 32.1 Å². The van der Waals surface area contributed by atoms with Crippen molar-refractivity contribution in [3.05, 3.63) is 0 Å². The lowest BCUT2D eigenvalue weighted by Gasteiger charge is -2.44. The van der Waals surface area contributed by atoms with E-state index in [9.17, 15) is 18.0 Å². The molecular formula is C17H29N3O4S. The highest BCUT2D eigenvalue weighted by Gasteiger charge is 2.49. The molecule has 0 bridgehead atoms. The second-order valence-corrected chi connectivity index (χ2v) is 10.1. The van der Waals surface area contributed by atoms with Crippen molar-refractivity contribution in [2.75, 3.05) is 45.2 Å². The monoisotopic (exact) mass is 371 g/mol. The Bertz CT molecular complexity index is 628. The van der Waals surface area contributed by atoms with Crippen molar-refractivity contribution in [3.8, 4) is 0 Å². The summed E-state index contributed by atoms with van der Waals surface area (Å²) < 4.78 is 24.4. The van der Waals surface area contributed by atoms with Gasteiger partial charge < -0.3 is 14.7 Å². The predicted octanol–water partition coefficient (Wildman–Crippen LogP) is -0.0353. The van der Waals surface area contributed by atoms with E-state index in [1.54, 1.807) is 14.7 Å². The van der Waals surface area contributed by atoms with Crippen LogP contribution in [0.2, 0.25) is 0 Å². The second kappa shape index (κ2) is 7.23. The molecular weight excluding hydrogens is 342 g/mol. The third-order valence-electron chi connectivity index (χ3n) is 5.71. The number of piperazine rings is 1. The van der Waals surface area contributed by atoms with Gasteiger partial charge in [0.2, 0.25) is 11.8 Å². The first kappa shape index (κ1) is 18.6. The Labute approximate surface area is 150 Å². The van der Waals surface area contributed by atoms with E-state index in [-0.39, 0.29) is 35.9 Å². The maximum Gasteiger partial charge on any atom is 0.237 e. The van der Waals surface area contributed by atoms with Crippen LogP contribution in [0.3, 0.4) is 0 Å². The zero-order valence-corrected chi connectivity index (χ0v) is 16.0. The van der Waals surface area contributed by atoms with Crippen LogP contribution in [-0.2, 0) is 19.4 Å². The van der Waals surface area contributed by atoms with Gasteiger partial charge in [-0.3, -0.25) is 9.59 Å². The molecule has 2 aliphatic heterocycles. The number of rotatable bonds is 4. The van der Waals surface area contributed by atoms with E-state index in [0.29, 0.717) is 25.4 Å². The van der Waals surface area contributed by atoms with Crippen LogP contribution in [0.4, 0.5) is 0 Å². The highest BCUT2D eigenvalue weighted by atomic mass is 32.2. The molecule has 0 N–H and O–H groups in total. The normalized spacial score (nSPS) is 29.2. The topological polar surface area (TPSA) is 78.0 Å². The number of hydrogen-bond donors (Lipinski definition) is 0. The molecule has 3 rings (SSSR count). The molecule has 1 saturated carbocycles. The minimum atomic E-state index is -3.22. The molecule has 0 aromatic rings. The van der Waals surface area contributed by atoms with Gasteiger partial charge in [-0.05, 0) is 32.9 Å². The first-order chi connectivity index (χ1) is 11.8. The number of carbonyl (C=O) groups is 2. The average Bonchev–Trinajstić information content (AvgIpc) is 3.10. The lowest BCUT2D eigenvalue weighted by molar-refractivity contribution is -0.146. The Hall–Kier alpha value is -1.15. The van der Waals surface area contributed by atoms with Crippen LogP contribution >= 0.6 is 0 Å². The maximum atomic E-state index is 12.8. The molecule has 0 spiro atoms. The molecule has 1 aliphatic carbocycles. The van der Waals surface area contributed by atoms with Crippen LogP contribution < -0.4 is 0 Å². The number of fused-ring (bicyclic) bond motifs is 1. The summed E-state index contributed by atoms with van der Waals surface area (Å²) in [4.78, 5) is 30.5. The molecule has 142 valence electrons. The zero-order chi connectivity index (χ0) is 18.2. The van der Waals surface area contributed by atoms with Crippen molar-refractivity contribution >= 4 is 21.7 Å². The molecule has 2 saturated heterocycles. The highest BCUT2D eigenvalue weighted by molar-refractivity contribution is 7.91. The number of likely N-dealkylation sites (N-methyl/N-ethyl adjacent to an activating group) is 1. The van der Waals surface area contributed by atoms with E-state index in [0.717, 1.165) is 12.8 Å². The fourth-order valence-corrected chi connectivity index (χ4v) is 6.49. The standard InChI is InChI=1S/C17H29N3O4S/c1-18(2)10-17(22)20-8-7-19(14-11-25(23,24)12-15(14)20)16(21)9-13-5-3-4-6-13/h13-15H,3-12H2,1-2H3/t14-,15+/m1/s1. The van der Waals surface area contributed by atoms with E-state index in [2.05, 4.69) is 0 Å². The third kappa shape index (κ3) is 4.16. The van der Waals surface area contributed by atoms with Crippen molar-refractivity contribution in [2.24, 2.45) is 5.92 Å². The molecule has 3 fully saturated rings. The van der Waals surface area contributed by atoms with Crippen molar-refractivity contribution in [1.29, 1.82) is 0 Å². The number of nitrogens with zero attached hydrogens (tertiary/aromatic N) is 3. The van der Waals surface area contributed by atoms with Gasteiger partial charge in [0.05, 0.1) is 30.1 Å². The number of amides is 2. The fourth-order valence-electron chi connectivity index (χ4n) is 4.51. The molecule has 7 nitrogen and oxygen atoms in total. The van der Waals surface area contributed by atoms with Gasteiger partial charge in [-0.2, -0.15) is 0 Å². The molecule has 0 aromatic carbocycles. The number of hydrogen-bond acceptors (Lipinski definition) is 5. The Morgan fingerprint density at radius 3 is 2.00 bits per heavy atom. The van der Waals surface area contributed by atoms with Gasteiger partial charge in [0, 0.05) is 19.5 Å². The molecule has 2 heterocycles. The van der Waals surface area contributed by atoms with Gasteiger partial charge in [-0.25, -0.2) is 8.42 Å². The third-order valence-corrected chi connectivity index (χ3v) is 7.41. The zero-order valence-electron chi connectivity index (χ0n) is 15.2. The fraction of sp³-hybridized carbons (Fsp3) is 0.882. The molecule has 2 amide bonds. The van der Waals surface area contributed by atoms with Gasteiger partial charge in [0.15, 0.2) is 9.84 Å². The van der Waals surface area contributed by atoms with E-state index in [1.807, 2.05) is 14.1 Å². The molecule has 8 heteroatoms. The SMILES string of the molecule is CN(C)CC(=O)N1CCN(C(=O)CC2CCCC2)[C@@H]2CS(=O)(=O)C[C@@H]21. The summed E-state index contributed by atoms with van der Waals surface area (Å²) in [6, 6.07) is -0.766. The summed E-state index contributed by atoms with van der Waals surface area (Å²) >= 11 is 0. The van der Waals surface area contributed by atoms with Crippen molar-refractivity contribution in [3.63, 3.8) is 0 Å². The molecule has 0 radical (unpaired) electrons. The molecule has 25 heavy (non-hydrogen) atoms. The average molecular weight is 372 g/mol. The Morgan fingerprint density at radius 2 is 1.48 bits per heavy atom. The van der Waals surface area contributed by atoms with Gasteiger partial charge in [0.25, 0.3) is 0 Å². The van der Waals surface area contributed by atoms with Gasteiger partial charge >= 0.3 is 0 Å².